The van der Waals surface area contributed by atoms with Crippen LogP contribution in [-0.2, 0) is 22.4 Å². The first-order chi connectivity index (χ1) is 28.5. The molecule has 16 heteroatoms. The molecule has 0 radical (unpaired) electrons. The lowest BCUT2D eigenvalue weighted by atomic mass is 9.94. The van der Waals surface area contributed by atoms with E-state index >= 15 is 0 Å². The molecule has 60 heavy (non-hydrogen) atoms. The second-order valence-corrected chi connectivity index (χ2v) is 16.5. The number of hydrogen-bond acceptors (Lipinski definition) is 14. The summed E-state index contributed by atoms with van der Waals surface area (Å²) in [6.07, 6.45) is 12.0. The number of nitriles is 2. The molecule has 0 saturated heterocycles. The van der Waals surface area contributed by atoms with E-state index in [0.717, 1.165) is 33.0 Å². The number of aromatic nitrogens is 6. The van der Waals surface area contributed by atoms with Gasteiger partial charge in [0.05, 0.1) is 58.4 Å². The van der Waals surface area contributed by atoms with Crippen molar-refractivity contribution in [2.45, 2.75) is 64.6 Å². The molecule has 6 aromatic rings. The molecule has 0 bridgehead atoms. The third-order valence-electron chi connectivity index (χ3n) is 10.2. The van der Waals surface area contributed by atoms with Gasteiger partial charge in [0, 0.05) is 71.9 Å². The van der Waals surface area contributed by atoms with Crippen LogP contribution in [0.5, 0.6) is 0 Å². The Morgan fingerprint density at radius 3 is 1.45 bits per heavy atom. The number of nitrogens with two attached hydrogens (primary N) is 2. The van der Waals surface area contributed by atoms with Crippen LogP contribution < -0.4 is 22.1 Å². The number of carbonyl (C=O) groups is 2. The molecule has 304 valence electrons. The van der Waals surface area contributed by atoms with Gasteiger partial charge in [-0.15, -0.1) is 0 Å². The minimum Gasteiger partial charge on any atom is -0.390 e. The van der Waals surface area contributed by atoms with Gasteiger partial charge in [-0.3, -0.25) is 19.6 Å². The van der Waals surface area contributed by atoms with Crippen molar-refractivity contribution in [3.63, 3.8) is 0 Å². The zero-order valence-corrected chi connectivity index (χ0v) is 33.5. The Morgan fingerprint density at radius 2 is 1.10 bits per heavy atom. The van der Waals surface area contributed by atoms with Gasteiger partial charge in [0.25, 0.3) is 0 Å². The standard InChI is InChI=1S/2C22H22N6O2/c2*1-22(2,30)8-12-3-4-25-10-16(12)18-6-13-7-19(26-11-17(13)20(24)27-18)28-21(29)15-5-14(15)9-23/h2*3-4,6-7,10-11,14-15,30H,5,8H2,1-2H3,(H2,24,27)(H,26,28,29)/t2*14-,15+/m10/s1. The second-order valence-electron chi connectivity index (χ2n) is 16.5. The van der Waals surface area contributed by atoms with E-state index in [4.69, 9.17) is 22.0 Å². The molecule has 6 heterocycles. The molecule has 2 aliphatic carbocycles. The van der Waals surface area contributed by atoms with Crippen LogP contribution >= 0.6 is 0 Å². The zero-order valence-electron chi connectivity index (χ0n) is 33.5. The number of rotatable bonds is 10. The lowest BCUT2D eigenvalue weighted by Crippen LogP contribution is -2.22. The van der Waals surface area contributed by atoms with Gasteiger partial charge in [-0.05, 0) is 98.8 Å². The molecule has 8 N–H and O–H groups in total. The Morgan fingerprint density at radius 1 is 0.700 bits per heavy atom. The highest BCUT2D eigenvalue weighted by Crippen LogP contribution is 2.40. The van der Waals surface area contributed by atoms with Crippen molar-refractivity contribution in [1.82, 2.24) is 29.9 Å². The van der Waals surface area contributed by atoms with E-state index in [1.807, 2.05) is 24.3 Å². The minimum absolute atomic E-state index is 0.199. The van der Waals surface area contributed by atoms with Crippen LogP contribution in [0.3, 0.4) is 0 Å². The smallest absolute Gasteiger partial charge is 0.230 e. The molecule has 0 aliphatic heterocycles. The van der Waals surface area contributed by atoms with Gasteiger partial charge in [-0.2, -0.15) is 10.5 Å². The Balaban J connectivity index is 0.000000181. The summed E-state index contributed by atoms with van der Waals surface area (Å²) in [7, 11) is 0. The van der Waals surface area contributed by atoms with Crippen molar-refractivity contribution >= 4 is 56.6 Å². The summed E-state index contributed by atoms with van der Waals surface area (Å²) in [5.41, 5.74) is 15.2. The Kier molecular flexibility index (Phi) is 11.1. The first kappa shape index (κ1) is 41.0. The molecule has 2 saturated carbocycles. The van der Waals surface area contributed by atoms with E-state index in [1.54, 1.807) is 77.0 Å². The van der Waals surface area contributed by atoms with E-state index in [9.17, 15) is 19.8 Å². The number of hydrogen-bond donors (Lipinski definition) is 6. The van der Waals surface area contributed by atoms with E-state index < -0.39 is 11.2 Å². The van der Waals surface area contributed by atoms with Crippen molar-refractivity contribution in [1.29, 1.82) is 10.5 Å². The van der Waals surface area contributed by atoms with E-state index in [1.165, 1.54) is 0 Å². The maximum Gasteiger partial charge on any atom is 0.230 e. The highest BCUT2D eigenvalue weighted by atomic mass is 16.3. The number of aliphatic hydroxyl groups is 2. The summed E-state index contributed by atoms with van der Waals surface area (Å²) in [4.78, 5) is 50.4. The first-order valence-electron chi connectivity index (χ1n) is 19.3. The van der Waals surface area contributed by atoms with Crippen LogP contribution in [0.4, 0.5) is 23.3 Å². The SMILES string of the molecule is CC(C)(O)Cc1ccncc1-c1cc2cc(NC(=O)[C@@H]3C[C@H]3C#N)ncc2c(N)n1.CC(C)(O)Cc1ccncc1-c1cc2cc(NC(=O)[C@H]3C[C@@H]3C#N)ncc2c(N)n1. The van der Waals surface area contributed by atoms with Crippen molar-refractivity contribution in [2.24, 2.45) is 23.7 Å². The number of nitrogens with zero attached hydrogens (tertiary/aromatic N) is 8. The number of fused-ring (bicyclic) bond motifs is 2. The van der Waals surface area contributed by atoms with Crippen LogP contribution in [0.1, 0.15) is 51.7 Å². The summed E-state index contributed by atoms with van der Waals surface area (Å²) in [6.45, 7) is 6.99. The molecule has 16 nitrogen and oxygen atoms in total. The number of nitrogens with one attached hydrogen (secondary N) is 2. The lowest BCUT2D eigenvalue weighted by molar-refractivity contribution is -0.118. The predicted octanol–water partition coefficient (Wildman–Crippen LogP) is 5.37. The van der Waals surface area contributed by atoms with Crippen LogP contribution in [0.25, 0.3) is 44.1 Å². The van der Waals surface area contributed by atoms with Gasteiger partial charge in [0.15, 0.2) is 0 Å². The fourth-order valence-electron chi connectivity index (χ4n) is 7.00. The lowest BCUT2D eigenvalue weighted by Gasteiger charge is -2.19. The number of carbonyl (C=O) groups excluding carboxylic acids is 2. The van der Waals surface area contributed by atoms with Crippen molar-refractivity contribution in [3.8, 4) is 34.7 Å². The van der Waals surface area contributed by atoms with Gasteiger partial charge >= 0.3 is 0 Å². The van der Waals surface area contributed by atoms with Crippen molar-refractivity contribution in [2.75, 3.05) is 22.1 Å². The van der Waals surface area contributed by atoms with E-state index in [2.05, 4.69) is 52.7 Å². The molecule has 6 aromatic heterocycles. The van der Waals surface area contributed by atoms with Gasteiger partial charge in [-0.1, -0.05) is 0 Å². The molecule has 8 rings (SSSR count). The van der Waals surface area contributed by atoms with Gasteiger partial charge in [0.1, 0.15) is 23.3 Å². The molecule has 2 fully saturated rings. The molecular weight excluding hydrogens is 761 g/mol. The maximum absolute atomic E-state index is 12.2. The van der Waals surface area contributed by atoms with E-state index in [-0.39, 0.29) is 35.5 Å². The molecular formula is C44H44N12O4. The number of pyridine rings is 6. The van der Waals surface area contributed by atoms with Gasteiger partial charge in [-0.25, -0.2) is 19.9 Å². The van der Waals surface area contributed by atoms with Crippen LogP contribution in [0.2, 0.25) is 0 Å². The molecule has 2 aliphatic rings. The van der Waals surface area contributed by atoms with E-state index in [0.29, 0.717) is 71.1 Å². The fraction of sp³-hybridized carbons (Fsp3) is 0.318. The van der Waals surface area contributed by atoms with Gasteiger partial charge in [0.2, 0.25) is 11.8 Å². The predicted molar refractivity (Wildman–Crippen MR) is 226 cm³/mol. The molecule has 0 unspecified atom stereocenters. The molecule has 0 spiro atoms. The quantitative estimate of drug-likeness (QED) is 0.102. The largest absolute Gasteiger partial charge is 0.390 e. The zero-order chi connectivity index (χ0) is 42.9. The number of nitrogen functional groups attached to an aromatic ring is 2. The summed E-state index contributed by atoms with van der Waals surface area (Å²) < 4.78 is 0. The second kappa shape index (κ2) is 16.2. The summed E-state index contributed by atoms with van der Waals surface area (Å²) >= 11 is 0. The van der Waals surface area contributed by atoms with Crippen LogP contribution in [0.15, 0.2) is 73.6 Å². The third kappa shape index (κ3) is 9.58. The van der Waals surface area contributed by atoms with Crippen LogP contribution in [0, 0.1) is 46.3 Å². The number of amides is 2. The molecule has 2 amide bonds. The topological polar surface area (TPSA) is 276 Å². The summed E-state index contributed by atoms with van der Waals surface area (Å²) in [5.74, 6) is 0.0660. The maximum atomic E-state index is 12.2. The Hall–Kier alpha value is -7.14. The monoisotopic (exact) mass is 804 g/mol. The van der Waals surface area contributed by atoms with Crippen molar-refractivity contribution in [3.05, 3.63) is 84.7 Å². The first-order valence-corrected chi connectivity index (χ1v) is 19.3. The summed E-state index contributed by atoms with van der Waals surface area (Å²) in [5, 5.41) is 46.7. The Bertz CT molecular complexity index is 2540. The third-order valence-corrected chi connectivity index (χ3v) is 10.2. The van der Waals surface area contributed by atoms with Gasteiger partial charge < -0.3 is 32.3 Å². The summed E-state index contributed by atoms with van der Waals surface area (Å²) in [6, 6.07) is 15.1. The average Bonchev–Trinajstić information content (AvgIpc) is 4.12. The number of anilines is 4. The normalized spacial score (nSPS) is 18.1. The molecule has 0 aromatic carbocycles. The van der Waals surface area contributed by atoms with Crippen molar-refractivity contribution < 1.29 is 19.8 Å². The Labute approximate surface area is 345 Å². The average molecular weight is 805 g/mol. The van der Waals surface area contributed by atoms with Crippen LogP contribution in [-0.4, -0.2) is 63.1 Å². The minimum atomic E-state index is -0.885. The highest BCUT2D eigenvalue weighted by molar-refractivity contribution is 6.00. The molecule has 4 atom stereocenters. The fourth-order valence-corrected chi connectivity index (χ4v) is 7.00. The highest BCUT2D eigenvalue weighted by Gasteiger charge is 2.44.